The highest BCUT2D eigenvalue weighted by Gasteiger charge is 2.25. The van der Waals surface area contributed by atoms with Crippen molar-refractivity contribution >= 4 is 0 Å². The molecule has 0 aromatic carbocycles. The quantitative estimate of drug-likeness (QED) is 0.666. The smallest absolute Gasteiger partial charge is 0.0788 e. The van der Waals surface area contributed by atoms with E-state index in [4.69, 9.17) is 19.3 Å². The minimum Gasteiger partial charge on any atom is -0.394 e. The molecular weight excluding hydrogens is 244 g/mol. The zero-order valence-electron chi connectivity index (χ0n) is 13.6. The molecule has 0 amide bonds. The molecule has 0 aliphatic rings. The van der Waals surface area contributed by atoms with Crippen LogP contribution in [-0.2, 0) is 14.2 Å². The monoisotopic (exact) mass is 276 g/mol. The van der Waals surface area contributed by atoms with Gasteiger partial charge in [-0.15, -0.1) is 0 Å². The third-order valence-electron chi connectivity index (χ3n) is 3.38. The molecule has 3 atom stereocenters. The fourth-order valence-corrected chi connectivity index (χ4v) is 1.39. The van der Waals surface area contributed by atoms with Crippen LogP contribution in [-0.4, -0.2) is 48.8 Å². The molecule has 0 heterocycles. The topological polar surface area (TPSA) is 47.9 Å². The van der Waals surface area contributed by atoms with Crippen LogP contribution in [0.25, 0.3) is 0 Å². The highest BCUT2D eigenvalue weighted by Crippen LogP contribution is 2.22. The standard InChI is InChI=1S/C15H32O4/c1-11(2)15(6,7)19-14(5)10-18-13(4)9-17-12(3)8-16/h11-14,16H,8-10H2,1-7H3. The van der Waals surface area contributed by atoms with Crippen LogP contribution >= 0.6 is 0 Å². The van der Waals surface area contributed by atoms with Gasteiger partial charge in [-0.05, 0) is 40.5 Å². The van der Waals surface area contributed by atoms with E-state index >= 15 is 0 Å². The van der Waals surface area contributed by atoms with Crippen LogP contribution in [0.5, 0.6) is 0 Å². The molecule has 0 spiro atoms. The molecule has 0 aliphatic carbocycles. The van der Waals surface area contributed by atoms with Gasteiger partial charge in [0.1, 0.15) is 0 Å². The molecule has 0 saturated carbocycles. The lowest BCUT2D eigenvalue weighted by atomic mass is 9.94. The average molecular weight is 276 g/mol. The molecule has 0 rings (SSSR count). The second-order valence-corrected chi connectivity index (χ2v) is 6.16. The molecule has 0 fully saturated rings. The van der Waals surface area contributed by atoms with Gasteiger partial charge in [0.25, 0.3) is 0 Å². The molecule has 19 heavy (non-hydrogen) atoms. The molecule has 0 bridgehead atoms. The molecule has 1 N–H and O–H groups in total. The Bertz CT molecular complexity index is 228. The summed E-state index contributed by atoms with van der Waals surface area (Å²) in [4.78, 5) is 0. The number of ether oxygens (including phenoxy) is 3. The summed E-state index contributed by atoms with van der Waals surface area (Å²) < 4.78 is 17.1. The first-order valence-corrected chi connectivity index (χ1v) is 7.20. The van der Waals surface area contributed by atoms with Gasteiger partial charge >= 0.3 is 0 Å². The molecular formula is C15H32O4. The van der Waals surface area contributed by atoms with Crippen molar-refractivity contribution in [2.75, 3.05) is 19.8 Å². The van der Waals surface area contributed by atoms with Gasteiger partial charge in [-0.25, -0.2) is 0 Å². The first-order chi connectivity index (χ1) is 8.69. The first-order valence-electron chi connectivity index (χ1n) is 7.20. The van der Waals surface area contributed by atoms with Gasteiger partial charge in [0.2, 0.25) is 0 Å². The largest absolute Gasteiger partial charge is 0.394 e. The third kappa shape index (κ3) is 8.58. The van der Waals surface area contributed by atoms with Crippen LogP contribution < -0.4 is 0 Å². The maximum absolute atomic E-state index is 8.86. The SMILES string of the molecule is CC(CO)OCC(C)OCC(C)OC(C)(C)C(C)C. The first kappa shape index (κ1) is 18.8. The van der Waals surface area contributed by atoms with Gasteiger partial charge in [-0.1, -0.05) is 13.8 Å². The summed E-state index contributed by atoms with van der Waals surface area (Å²) in [5.74, 6) is 0.459. The Kier molecular flexibility index (Phi) is 8.83. The van der Waals surface area contributed by atoms with Gasteiger partial charge in [0.05, 0.1) is 43.7 Å². The minimum absolute atomic E-state index is 0.00205. The second kappa shape index (κ2) is 8.90. The van der Waals surface area contributed by atoms with E-state index in [1.807, 2.05) is 20.8 Å². The molecule has 0 radical (unpaired) electrons. The number of aliphatic hydroxyl groups is 1. The van der Waals surface area contributed by atoms with Crippen LogP contribution in [0.3, 0.4) is 0 Å². The van der Waals surface area contributed by atoms with Crippen LogP contribution in [0, 0.1) is 5.92 Å². The summed E-state index contributed by atoms with van der Waals surface area (Å²) in [7, 11) is 0. The van der Waals surface area contributed by atoms with Crippen LogP contribution in [0.1, 0.15) is 48.5 Å². The lowest BCUT2D eigenvalue weighted by molar-refractivity contribution is -0.130. The van der Waals surface area contributed by atoms with E-state index in [1.54, 1.807) is 0 Å². The predicted octanol–water partition coefficient (Wildman–Crippen LogP) is 2.63. The number of hydrogen-bond donors (Lipinski definition) is 1. The molecule has 3 unspecified atom stereocenters. The summed E-state index contributed by atoms with van der Waals surface area (Å²) in [6.07, 6.45) is -0.0862. The summed E-state index contributed by atoms with van der Waals surface area (Å²) in [5, 5.41) is 8.86. The summed E-state index contributed by atoms with van der Waals surface area (Å²) in [6.45, 7) is 15.4. The molecule has 0 aromatic rings. The van der Waals surface area contributed by atoms with Crippen molar-refractivity contribution in [1.29, 1.82) is 0 Å². The van der Waals surface area contributed by atoms with Gasteiger partial charge < -0.3 is 19.3 Å². The number of rotatable bonds is 10. The molecule has 4 heteroatoms. The lowest BCUT2D eigenvalue weighted by Gasteiger charge is -2.33. The zero-order valence-corrected chi connectivity index (χ0v) is 13.6. The number of aliphatic hydroxyl groups excluding tert-OH is 1. The van der Waals surface area contributed by atoms with E-state index in [0.29, 0.717) is 19.1 Å². The van der Waals surface area contributed by atoms with E-state index < -0.39 is 0 Å². The average Bonchev–Trinajstić information content (AvgIpc) is 2.32. The van der Waals surface area contributed by atoms with Crippen LogP contribution in [0.15, 0.2) is 0 Å². The van der Waals surface area contributed by atoms with Gasteiger partial charge in [-0.3, -0.25) is 0 Å². The Labute approximate surface area is 118 Å². The summed E-state index contributed by atoms with van der Waals surface area (Å²) in [6, 6.07) is 0. The van der Waals surface area contributed by atoms with Crippen LogP contribution in [0.4, 0.5) is 0 Å². The van der Waals surface area contributed by atoms with Gasteiger partial charge in [0, 0.05) is 0 Å². The highest BCUT2D eigenvalue weighted by atomic mass is 16.6. The molecule has 4 nitrogen and oxygen atoms in total. The van der Waals surface area contributed by atoms with Crippen molar-refractivity contribution < 1.29 is 19.3 Å². The van der Waals surface area contributed by atoms with Crippen molar-refractivity contribution in [2.24, 2.45) is 5.92 Å². The maximum atomic E-state index is 8.86. The second-order valence-electron chi connectivity index (χ2n) is 6.16. The predicted molar refractivity (Wildman–Crippen MR) is 77.4 cm³/mol. The van der Waals surface area contributed by atoms with E-state index in [1.165, 1.54) is 0 Å². The fourth-order valence-electron chi connectivity index (χ4n) is 1.39. The Morgan fingerprint density at radius 2 is 1.32 bits per heavy atom. The van der Waals surface area contributed by atoms with Crippen molar-refractivity contribution in [2.45, 2.75) is 72.4 Å². The zero-order chi connectivity index (χ0) is 15.1. The summed E-state index contributed by atoms with van der Waals surface area (Å²) >= 11 is 0. The van der Waals surface area contributed by atoms with E-state index in [2.05, 4.69) is 27.7 Å². The maximum Gasteiger partial charge on any atom is 0.0788 e. The Morgan fingerprint density at radius 3 is 1.79 bits per heavy atom. The number of hydrogen-bond acceptors (Lipinski definition) is 4. The van der Waals surface area contributed by atoms with Gasteiger partial charge in [-0.2, -0.15) is 0 Å². The van der Waals surface area contributed by atoms with Crippen LogP contribution in [0.2, 0.25) is 0 Å². The van der Waals surface area contributed by atoms with Crippen molar-refractivity contribution in [3.05, 3.63) is 0 Å². The molecule has 0 aliphatic heterocycles. The molecule has 0 aromatic heterocycles. The Morgan fingerprint density at radius 1 is 0.842 bits per heavy atom. The minimum atomic E-state index is -0.145. The Balaban J connectivity index is 3.87. The summed E-state index contributed by atoms with van der Waals surface area (Å²) in [5.41, 5.74) is -0.145. The van der Waals surface area contributed by atoms with E-state index in [-0.39, 0.29) is 30.5 Å². The van der Waals surface area contributed by atoms with E-state index in [0.717, 1.165) is 0 Å². The van der Waals surface area contributed by atoms with Crippen molar-refractivity contribution in [3.63, 3.8) is 0 Å². The normalized spacial score (nSPS) is 17.5. The third-order valence-corrected chi connectivity index (χ3v) is 3.38. The Hall–Kier alpha value is -0.160. The van der Waals surface area contributed by atoms with E-state index in [9.17, 15) is 0 Å². The fraction of sp³-hybridized carbons (Fsp3) is 1.00. The lowest BCUT2D eigenvalue weighted by Crippen LogP contribution is -2.37. The molecule has 0 saturated heterocycles. The van der Waals surface area contributed by atoms with Crippen molar-refractivity contribution in [3.8, 4) is 0 Å². The van der Waals surface area contributed by atoms with Crippen molar-refractivity contribution in [1.82, 2.24) is 0 Å². The van der Waals surface area contributed by atoms with Gasteiger partial charge in [0.15, 0.2) is 0 Å². The molecule has 116 valence electrons. The highest BCUT2D eigenvalue weighted by molar-refractivity contribution is 4.74.